The molecule has 0 aromatic heterocycles. The number of carboxylic acid groups (broad SMARTS) is 1. The van der Waals surface area contributed by atoms with Crippen molar-refractivity contribution in [1.82, 2.24) is 20.4 Å². The number of likely N-dealkylation sites (tertiary alicyclic amines) is 2. The summed E-state index contributed by atoms with van der Waals surface area (Å²) in [6.45, 7) is 39.2. The van der Waals surface area contributed by atoms with Gasteiger partial charge in [0.2, 0.25) is 11.8 Å². The molecule has 2 aliphatic heterocycles. The number of methoxy groups -OCH3 is 2. The zero-order valence-electron chi connectivity index (χ0n) is 54.4. The van der Waals surface area contributed by atoms with Crippen molar-refractivity contribution in [2.45, 2.75) is 149 Å². The van der Waals surface area contributed by atoms with E-state index in [1.165, 1.54) is 51.5 Å². The van der Waals surface area contributed by atoms with Gasteiger partial charge in [-0.05, 0) is 91.8 Å². The number of amides is 7. The molecule has 0 bridgehead atoms. The van der Waals surface area contributed by atoms with Crippen molar-refractivity contribution >= 4 is 75.6 Å². The summed E-state index contributed by atoms with van der Waals surface area (Å²) in [5.41, 5.74) is 2.82. The van der Waals surface area contributed by atoms with Crippen molar-refractivity contribution < 1.29 is 75.9 Å². The van der Waals surface area contributed by atoms with Crippen LogP contribution in [0.1, 0.15) is 108 Å². The summed E-state index contributed by atoms with van der Waals surface area (Å²) in [7, 11) is -1.56. The Labute approximate surface area is 525 Å². The molecular weight excluding hydrogens is 1180 g/mol. The van der Waals surface area contributed by atoms with Crippen LogP contribution in [0.25, 0.3) is 0 Å². The maximum absolute atomic E-state index is 14.8. The van der Waals surface area contributed by atoms with Gasteiger partial charge in [-0.15, -0.1) is 0 Å². The van der Waals surface area contributed by atoms with E-state index in [9.17, 15) is 38.7 Å². The van der Waals surface area contributed by atoms with Crippen LogP contribution < -0.4 is 45.5 Å². The third kappa shape index (κ3) is 19.8. The minimum atomic E-state index is -2.23. The van der Waals surface area contributed by atoms with E-state index in [-0.39, 0.29) is 126 Å². The molecule has 4 atom stereocenters. The lowest BCUT2D eigenvalue weighted by molar-refractivity contribution is -0.128. The summed E-state index contributed by atoms with van der Waals surface area (Å²) in [5.74, 6) is -1.58. The van der Waals surface area contributed by atoms with Gasteiger partial charge in [0, 0.05) is 37.3 Å². The van der Waals surface area contributed by atoms with Crippen LogP contribution in [0.15, 0.2) is 85.5 Å². The number of rotatable bonds is 28. The Kier molecular flexibility index (Phi) is 25.1. The molecule has 488 valence electrons. The molecule has 0 aliphatic carbocycles. The lowest BCUT2D eigenvalue weighted by Crippen LogP contribution is -2.53. The van der Waals surface area contributed by atoms with E-state index < -0.39 is 70.6 Å². The Hall–Kier alpha value is -7.88. The summed E-state index contributed by atoms with van der Waals surface area (Å²) in [6, 6.07) is 9.67. The van der Waals surface area contributed by atoms with Crippen LogP contribution in [0.3, 0.4) is 0 Å². The molecule has 5 rings (SSSR count). The van der Waals surface area contributed by atoms with E-state index in [2.05, 4.69) is 114 Å². The summed E-state index contributed by atoms with van der Waals surface area (Å²) >= 11 is 0. The largest absolute Gasteiger partial charge is 0.493 e. The number of nitrogens with one attached hydrogen (secondary N) is 5. The van der Waals surface area contributed by atoms with Crippen molar-refractivity contribution in [3.63, 3.8) is 0 Å². The number of hydrogen-bond acceptors (Lipinski definition) is 15. The fraction of sp³-hybridized carbons (Fsp3) is 0.516. The average Bonchev–Trinajstić information content (AvgIpc) is 2.39. The highest BCUT2D eigenvalue weighted by atomic mass is 28.4. The standard InChI is InChI=1S/C64H93N7O16Si2/c1-19-25-84-62(79)69-55(39(2)3)57(73)65-42(6)56(72)66-44-23-21-43(22-24-44)36-85-61(78)68-50-33-54(52(81-14)31-48(50)59(75)71-35-41(5)29-46(71)38-87-89(17,18)64(10,11)12)83-27-20-26-82-53-32-49(67-60(76)77)47(30-51(53)80-13)58(74)70-34-40(4)28-45(70)37-86-88(15,16)63(7,8)9/h19,21-24,30-33,39,42,45-46,55,67H,1,4-5,20,25-29,34-38H2,2-3,6-18H3,(H,65,73)(H,66,72)(H,68,78)(H,69,79)(H,76,77). The van der Waals surface area contributed by atoms with Crippen LogP contribution >= 0.6 is 0 Å². The van der Waals surface area contributed by atoms with Gasteiger partial charge in [-0.1, -0.05) is 104 Å². The van der Waals surface area contributed by atoms with Crippen LogP contribution in [0.4, 0.5) is 31.4 Å². The second-order valence-electron chi connectivity index (χ2n) is 25.7. The minimum Gasteiger partial charge on any atom is -0.493 e. The summed E-state index contributed by atoms with van der Waals surface area (Å²) < 4.78 is 47.6. The molecule has 0 spiro atoms. The van der Waals surface area contributed by atoms with Crippen LogP contribution in [0.5, 0.6) is 23.0 Å². The number of carbonyl (C=O) groups excluding carboxylic acids is 6. The molecule has 3 aromatic carbocycles. The Morgan fingerprint density at radius 1 is 0.652 bits per heavy atom. The second kappa shape index (κ2) is 31.0. The monoisotopic (exact) mass is 1270 g/mol. The molecule has 2 fully saturated rings. The molecule has 25 heteroatoms. The molecule has 6 N–H and O–H groups in total. The first-order valence-electron chi connectivity index (χ1n) is 29.7. The number of ether oxygens (including phenoxy) is 6. The highest BCUT2D eigenvalue weighted by molar-refractivity contribution is 6.74. The molecule has 2 heterocycles. The normalized spacial score (nSPS) is 16.0. The van der Waals surface area contributed by atoms with Gasteiger partial charge in [-0.25, -0.2) is 14.4 Å². The predicted molar refractivity (Wildman–Crippen MR) is 346 cm³/mol. The van der Waals surface area contributed by atoms with E-state index in [1.54, 1.807) is 47.9 Å². The molecule has 89 heavy (non-hydrogen) atoms. The summed E-state index contributed by atoms with van der Waals surface area (Å²) in [4.78, 5) is 96.8. The van der Waals surface area contributed by atoms with Gasteiger partial charge in [0.1, 0.15) is 25.3 Å². The fourth-order valence-corrected chi connectivity index (χ4v) is 11.2. The molecule has 0 radical (unpaired) electrons. The number of anilines is 3. The topological polar surface area (TPSA) is 280 Å². The van der Waals surface area contributed by atoms with Gasteiger partial charge in [-0.2, -0.15) is 0 Å². The zero-order valence-corrected chi connectivity index (χ0v) is 56.4. The molecule has 2 aliphatic rings. The van der Waals surface area contributed by atoms with Crippen molar-refractivity contribution in [3.8, 4) is 23.0 Å². The van der Waals surface area contributed by atoms with Gasteiger partial charge in [0.15, 0.2) is 39.6 Å². The Balaban J connectivity index is 1.32. The number of nitrogens with zero attached hydrogens (tertiary/aromatic N) is 2. The Bertz CT molecular complexity index is 3080. The van der Waals surface area contributed by atoms with Crippen LogP contribution in [-0.4, -0.2) is 158 Å². The van der Waals surface area contributed by atoms with Crippen molar-refractivity contribution in [2.75, 3.05) is 76.3 Å². The van der Waals surface area contributed by atoms with Crippen LogP contribution in [0.2, 0.25) is 36.3 Å². The number of alkyl carbamates (subject to hydrolysis) is 1. The Morgan fingerprint density at radius 3 is 1.55 bits per heavy atom. The first kappa shape index (κ1) is 71.9. The molecule has 3 aromatic rings. The molecule has 7 amide bonds. The van der Waals surface area contributed by atoms with E-state index in [0.29, 0.717) is 30.7 Å². The first-order valence-corrected chi connectivity index (χ1v) is 35.5. The SMILES string of the molecule is C=CCOC(=O)NC(C(=O)NC(C)C(=O)Nc1ccc(COC(=O)Nc2cc(OCCCOc3cc(NC(=O)O)c(C(=O)N4CC(=C)CC4CO[Si](C)(C)C(C)(C)C)cc3OC)c(OC)cc2C(=O)N2CC(=C)CC2CO[Si](C)(C)C(C)(C)C)cc1)C(C)C. The molecule has 23 nitrogen and oxygen atoms in total. The predicted octanol–water partition coefficient (Wildman–Crippen LogP) is 11.4. The van der Waals surface area contributed by atoms with E-state index in [1.807, 2.05) is 0 Å². The summed E-state index contributed by atoms with van der Waals surface area (Å²) in [5, 5.41) is 22.7. The number of hydrogen-bond donors (Lipinski definition) is 6. The van der Waals surface area contributed by atoms with Crippen molar-refractivity contribution in [2.24, 2.45) is 5.92 Å². The third-order valence-corrected chi connectivity index (χ3v) is 25.4. The minimum absolute atomic E-state index is 0.00580. The van der Waals surface area contributed by atoms with E-state index in [0.717, 1.165) is 11.1 Å². The third-order valence-electron chi connectivity index (χ3n) is 16.4. The first-order chi connectivity index (χ1) is 41.6. The van der Waals surface area contributed by atoms with Gasteiger partial charge >= 0.3 is 18.3 Å². The lowest BCUT2D eigenvalue weighted by atomic mass is 10.0. The fourth-order valence-electron chi connectivity index (χ4n) is 9.08. The van der Waals surface area contributed by atoms with E-state index in [4.69, 9.17) is 37.3 Å². The van der Waals surface area contributed by atoms with Crippen LogP contribution in [0, 0.1) is 5.92 Å². The maximum atomic E-state index is 14.8. The highest BCUT2D eigenvalue weighted by Crippen LogP contribution is 2.41. The average molecular weight is 1270 g/mol. The number of benzene rings is 3. The molecule has 4 unspecified atom stereocenters. The lowest BCUT2D eigenvalue weighted by Gasteiger charge is -2.38. The van der Waals surface area contributed by atoms with Gasteiger partial charge in [0.05, 0.1) is 75.2 Å². The quantitative estimate of drug-likeness (QED) is 0.0224. The van der Waals surface area contributed by atoms with Gasteiger partial charge in [-0.3, -0.25) is 29.8 Å². The van der Waals surface area contributed by atoms with Gasteiger partial charge in [0.25, 0.3) is 11.8 Å². The molecule has 2 saturated heterocycles. The summed E-state index contributed by atoms with van der Waals surface area (Å²) in [6.07, 6.45) is -0.383. The zero-order chi connectivity index (χ0) is 66.3. The number of carbonyl (C=O) groups is 7. The highest BCUT2D eigenvalue weighted by Gasteiger charge is 2.42. The van der Waals surface area contributed by atoms with Crippen molar-refractivity contribution in [3.05, 3.63) is 102 Å². The van der Waals surface area contributed by atoms with Crippen molar-refractivity contribution in [1.29, 1.82) is 0 Å². The smallest absolute Gasteiger partial charge is 0.411 e. The second-order valence-corrected chi connectivity index (χ2v) is 35.3. The molecular formula is C64H93N7O16Si2. The molecule has 0 saturated carbocycles. The van der Waals surface area contributed by atoms with Crippen LogP contribution in [-0.2, 0) is 34.5 Å². The Morgan fingerprint density at radius 2 is 1.12 bits per heavy atom. The maximum Gasteiger partial charge on any atom is 0.411 e. The van der Waals surface area contributed by atoms with E-state index >= 15 is 0 Å². The van der Waals surface area contributed by atoms with Gasteiger partial charge < -0.3 is 68.1 Å².